The van der Waals surface area contributed by atoms with Gasteiger partial charge in [0.1, 0.15) is 0 Å². The molecule has 1 heterocycles. The van der Waals surface area contributed by atoms with E-state index in [9.17, 15) is 4.79 Å². The molecule has 1 aliphatic rings. The van der Waals surface area contributed by atoms with Crippen molar-refractivity contribution in [2.24, 2.45) is 5.92 Å². The Hall–Kier alpha value is -0.620. The number of carbonyl (C=O) groups is 1. The number of halogens is 1. The molecule has 0 atom stereocenters. The Morgan fingerprint density at radius 2 is 1.84 bits per heavy atom. The van der Waals surface area contributed by atoms with Crippen molar-refractivity contribution in [3.05, 3.63) is 33.4 Å². The smallest absolute Gasteiger partial charge is 0.255 e. The first-order chi connectivity index (χ1) is 9.08. The maximum absolute atomic E-state index is 12.5. The van der Waals surface area contributed by atoms with Gasteiger partial charge in [0.05, 0.1) is 5.56 Å². The molecule has 1 aromatic carbocycles. The topological polar surface area (TPSA) is 23.6 Å². The highest BCUT2D eigenvalue weighted by atomic mass is 127. The number of rotatable bonds is 3. The van der Waals surface area contributed by atoms with Crippen LogP contribution in [-0.4, -0.2) is 48.4 Å². The molecule has 4 heteroatoms. The van der Waals surface area contributed by atoms with Crippen LogP contribution in [0.25, 0.3) is 0 Å². The second-order valence-electron chi connectivity index (χ2n) is 5.47. The van der Waals surface area contributed by atoms with E-state index >= 15 is 0 Å². The average molecular weight is 372 g/mol. The summed E-state index contributed by atoms with van der Waals surface area (Å²) in [6.07, 6.45) is 0. The summed E-state index contributed by atoms with van der Waals surface area (Å²) >= 11 is 2.23. The van der Waals surface area contributed by atoms with Crippen molar-refractivity contribution in [2.75, 3.05) is 32.7 Å². The molecule has 1 aliphatic heterocycles. The first kappa shape index (κ1) is 14.8. The molecule has 0 radical (unpaired) electrons. The van der Waals surface area contributed by atoms with Crippen LogP contribution < -0.4 is 0 Å². The van der Waals surface area contributed by atoms with Crippen LogP contribution in [0.5, 0.6) is 0 Å². The number of carbonyl (C=O) groups excluding carboxylic acids is 1. The normalized spacial score (nSPS) is 16.9. The maximum Gasteiger partial charge on any atom is 0.255 e. The molecule has 1 amide bonds. The third-order valence-corrected chi connectivity index (χ3v) is 4.33. The lowest BCUT2D eigenvalue weighted by Gasteiger charge is -2.35. The van der Waals surface area contributed by atoms with Gasteiger partial charge in [-0.1, -0.05) is 26.0 Å². The number of benzene rings is 1. The highest BCUT2D eigenvalue weighted by Gasteiger charge is 2.23. The largest absolute Gasteiger partial charge is 0.336 e. The Morgan fingerprint density at radius 3 is 2.42 bits per heavy atom. The van der Waals surface area contributed by atoms with Gasteiger partial charge in [-0.25, -0.2) is 0 Å². The molecule has 0 N–H and O–H groups in total. The lowest BCUT2D eigenvalue weighted by atomic mass is 10.1. The summed E-state index contributed by atoms with van der Waals surface area (Å²) in [4.78, 5) is 16.9. The van der Waals surface area contributed by atoms with Gasteiger partial charge in [-0.3, -0.25) is 9.69 Å². The van der Waals surface area contributed by atoms with Gasteiger partial charge in [0.2, 0.25) is 0 Å². The van der Waals surface area contributed by atoms with Crippen LogP contribution in [0.15, 0.2) is 24.3 Å². The highest BCUT2D eigenvalue weighted by Crippen LogP contribution is 2.15. The van der Waals surface area contributed by atoms with Gasteiger partial charge in [0, 0.05) is 36.3 Å². The standard InChI is InChI=1S/C15H21IN2O/c1-12(2)11-17-7-9-18(10-8-17)15(19)13-5-3-4-6-14(13)16/h3-6,12H,7-11H2,1-2H3. The fourth-order valence-electron chi connectivity index (χ4n) is 2.45. The minimum atomic E-state index is 0.175. The van der Waals surface area contributed by atoms with Gasteiger partial charge >= 0.3 is 0 Å². The predicted octanol–water partition coefficient (Wildman–Crippen LogP) is 2.71. The Balaban J connectivity index is 1.95. The zero-order valence-corrected chi connectivity index (χ0v) is 13.8. The van der Waals surface area contributed by atoms with Crippen LogP contribution in [0.3, 0.4) is 0 Å². The molecular formula is C15H21IN2O. The molecule has 3 nitrogen and oxygen atoms in total. The van der Waals surface area contributed by atoms with Crippen molar-refractivity contribution >= 4 is 28.5 Å². The molecule has 1 aromatic rings. The summed E-state index contributed by atoms with van der Waals surface area (Å²) < 4.78 is 1.04. The van der Waals surface area contributed by atoms with Crippen molar-refractivity contribution in [2.45, 2.75) is 13.8 Å². The van der Waals surface area contributed by atoms with E-state index in [1.54, 1.807) is 0 Å². The summed E-state index contributed by atoms with van der Waals surface area (Å²) in [5, 5.41) is 0. The quantitative estimate of drug-likeness (QED) is 0.762. The summed E-state index contributed by atoms with van der Waals surface area (Å²) in [6, 6.07) is 7.82. The van der Waals surface area contributed by atoms with E-state index in [1.165, 1.54) is 0 Å². The molecule has 1 fully saturated rings. The van der Waals surface area contributed by atoms with E-state index in [0.717, 1.165) is 41.9 Å². The zero-order chi connectivity index (χ0) is 13.8. The fraction of sp³-hybridized carbons (Fsp3) is 0.533. The molecule has 1 saturated heterocycles. The minimum Gasteiger partial charge on any atom is -0.336 e. The second-order valence-corrected chi connectivity index (χ2v) is 6.63. The van der Waals surface area contributed by atoms with Crippen LogP contribution in [0.2, 0.25) is 0 Å². The molecule has 2 rings (SSSR count). The Kier molecular flexibility index (Phi) is 5.21. The zero-order valence-electron chi connectivity index (χ0n) is 11.6. The first-order valence-electron chi connectivity index (χ1n) is 6.84. The van der Waals surface area contributed by atoms with Gasteiger partial charge < -0.3 is 4.90 Å². The molecule has 0 unspecified atom stereocenters. The maximum atomic E-state index is 12.5. The summed E-state index contributed by atoms with van der Waals surface area (Å²) in [5.41, 5.74) is 0.834. The molecule has 0 aliphatic carbocycles. The molecule has 0 bridgehead atoms. The van der Waals surface area contributed by atoms with E-state index < -0.39 is 0 Å². The Labute approximate surface area is 129 Å². The monoisotopic (exact) mass is 372 g/mol. The van der Waals surface area contributed by atoms with E-state index in [2.05, 4.69) is 41.3 Å². The molecule has 104 valence electrons. The van der Waals surface area contributed by atoms with Crippen LogP contribution >= 0.6 is 22.6 Å². The summed E-state index contributed by atoms with van der Waals surface area (Å²) in [7, 11) is 0. The number of piperazine rings is 1. The van der Waals surface area contributed by atoms with Crippen LogP contribution in [-0.2, 0) is 0 Å². The van der Waals surface area contributed by atoms with Crippen LogP contribution in [0, 0.1) is 9.49 Å². The molecular weight excluding hydrogens is 351 g/mol. The lowest BCUT2D eigenvalue weighted by molar-refractivity contribution is 0.0623. The Morgan fingerprint density at radius 1 is 1.21 bits per heavy atom. The predicted molar refractivity (Wildman–Crippen MR) is 86.3 cm³/mol. The number of hydrogen-bond acceptors (Lipinski definition) is 2. The summed E-state index contributed by atoms with van der Waals surface area (Å²) in [5.74, 6) is 0.867. The van der Waals surface area contributed by atoms with E-state index in [0.29, 0.717) is 5.92 Å². The molecule has 19 heavy (non-hydrogen) atoms. The van der Waals surface area contributed by atoms with Gasteiger partial charge in [-0.15, -0.1) is 0 Å². The third-order valence-electron chi connectivity index (χ3n) is 3.39. The van der Waals surface area contributed by atoms with Gasteiger partial charge in [-0.05, 0) is 40.6 Å². The molecule has 0 saturated carbocycles. The van der Waals surface area contributed by atoms with Gasteiger partial charge in [-0.2, -0.15) is 0 Å². The first-order valence-corrected chi connectivity index (χ1v) is 7.92. The van der Waals surface area contributed by atoms with E-state index in [-0.39, 0.29) is 5.91 Å². The van der Waals surface area contributed by atoms with Crippen molar-refractivity contribution in [1.82, 2.24) is 9.80 Å². The Bertz CT molecular complexity index is 440. The number of amides is 1. The average Bonchev–Trinajstić information content (AvgIpc) is 2.39. The SMILES string of the molecule is CC(C)CN1CCN(C(=O)c2ccccc2I)CC1. The van der Waals surface area contributed by atoms with Crippen molar-refractivity contribution < 1.29 is 4.79 Å². The van der Waals surface area contributed by atoms with Crippen molar-refractivity contribution in [3.63, 3.8) is 0 Å². The molecule has 0 spiro atoms. The minimum absolute atomic E-state index is 0.175. The second kappa shape index (κ2) is 6.70. The summed E-state index contributed by atoms with van der Waals surface area (Å²) in [6.45, 7) is 9.28. The van der Waals surface area contributed by atoms with Gasteiger partial charge in [0.15, 0.2) is 0 Å². The van der Waals surface area contributed by atoms with E-state index in [4.69, 9.17) is 0 Å². The highest BCUT2D eigenvalue weighted by molar-refractivity contribution is 14.1. The van der Waals surface area contributed by atoms with Crippen LogP contribution in [0.4, 0.5) is 0 Å². The number of nitrogens with zero attached hydrogens (tertiary/aromatic N) is 2. The van der Waals surface area contributed by atoms with Crippen molar-refractivity contribution in [3.8, 4) is 0 Å². The fourth-order valence-corrected chi connectivity index (χ4v) is 3.07. The lowest BCUT2D eigenvalue weighted by Crippen LogP contribution is -2.49. The third kappa shape index (κ3) is 3.92. The van der Waals surface area contributed by atoms with Gasteiger partial charge in [0.25, 0.3) is 5.91 Å². The van der Waals surface area contributed by atoms with Crippen LogP contribution in [0.1, 0.15) is 24.2 Å². The number of hydrogen-bond donors (Lipinski definition) is 0. The van der Waals surface area contributed by atoms with Crippen molar-refractivity contribution in [1.29, 1.82) is 0 Å². The molecule has 0 aromatic heterocycles. The van der Waals surface area contributed by atoms with E-state index in [1.807, 2.05) is 29.2 Å².